The van der Waals surface area contributed by atoms with Crippen LogP contribution in [0.3, 0.4) is 0 Å². The first-order valence-corrected chi connectivity index (χ1v) is 4.32. The highest BCUT2D eigenvalue weighted by Gasteiger charge is 2.07. The predicted octanol–water partition coefficient (Wildman–Crippen LogP) is 1.21. The van der Waals surface area contributed by atoms with Gasteiger partial charge in [0.25, 0.3) is 0 Å². The molecule has 0 fully saturated rings. The Kier molecular flexibility index (Phi) is 1.94. The normalized spacial score (nSPS) is 14.8. The van der Waals surface area contributed by atoms with Gasteiger partial charge in [0.2, 0.25) is 0 Å². The Bertz CT molecular complexity index is 355. The number of hydrogen-bond donors (Lipinski definition) is 3. The lowest BCUT2D eigenvalue weighted by Crippen LogP contribution is -2.31. The van der Waals surface area contributed by atoms with E-state index in [0.717, 1.165) is 5.70 Å². The largest absolute Gasteiger partial charge is 0.309 e. The molecule has 0 aliphatic carbocycles. The Labute approximate surface area is 77.8 Å². The summed E-state index contributed by atoms with van der Waals surface area (Å²) in [6.07, 6.45) is 1.91. The monoisotopic (exact) mass is 175 g/mol. The molecule has 1 heterocycles. The number of rotatable bonds is 1. The van der Waals surface area contributed by atoms with Crippen LogP contribution in [0.15, 0.2) is 24.4 Å². The van der Waals surface area contributed by atoms with E-state index in [1.807, 2.05) is 6.20 Å². The van der Waals surface area contributed by atoms with Gasteiger partial charge in [-0.05, 0) is 19.4 Å². The molecule has 0 unspecified atom stereocenters. The van der Waals surface area contributed by atoms with Crippen molar-refractivity contribution in [2.75, 3.05) is 0 Å². The number of nitrogens with one attached hydrogen (secondary N) is 3. The third-order valence-corrected chi connectivity index (χ3v) is 2.16. The first kappa shape index (κ1) is 8.13. The average Bonchev–Trinajstić information content (AvgIpc) is 2.56. The van der Waals surface area contributed by atoms with Gasteiger partial charge in [0.05, 0.1) is 5.70 Å². The van der Waals surface area contributed by atoms with Crippen LogP contribution in [-0.2, 0) is 0 Å². The van der Waals surface area contributed by atoms with E-state index in [4.69, 9.17) is 0 Å². The average molecular weight is 175 g/mol. The maximum Gasteiger partial charge on any atom is 0.0751 e. The van der Waals surface area contributed by atoms with Crippen LogP contribution in [0.4, 0.5) is 0 Å². The second-order valence-corrected chi connectivity index (χ2v) is 3.27. The number of benzene rings is 1. The SMILES string of the molecule is Cc1ccc(C2=CNNN2)c(C)c1. The van der Waals surface area contributed by atoms with E-state index in [2.05, 4.69) is 48.4 Å². The third kappa shape index (κ3) is 1.51. The van der Waals surface area contributed by atoms with Crippen molar-refractivity contribution in [1.82, 2.24) is 16.4 Å². The highest BCUT2D eigenvalue weighted by molar-refractivity contribution is 5.67. The zero-order chi connectivity index (χ0) is 9.26. The molecular formula is C10H13N3. The molecule has 13 heavy (non-hydrogen) atoms. The highest BCUT2D eigenvalue weighted by atomic mass is 15.6. The minimum Gasteiger partial charge on any atom is -0.309 e. The molecule has 0 saturated carbocycles. The van der Waals surface area contributed by atoms with Crippen molar-refractivity contribution in [3.05, 3.63) is 41.1 Å². The van der Waals surface area contributed by atoms with Gasteiger partial charge in [0.15, 0.2) is 0 Å². The van der Waals surface area contributed by atoms with Gasteiger partial charge in [-0.2, -0.15) is 5.53 Å². The molecule has 0 saturated heterocycles. The Morgan fingerprint density at radius 2 is 2.00 bits per heavy atom. The maximum absolute atomic E-state index is 3.03. The first-order valence-electron chi connectivity index (χ1n) is 4.32. The van der Waals surface area contributed by atoms with Crippen LogP contribution in [0.1, 0.15) is 16.7 Å². The highest BCUT2D eigenvalue weighted by Crippen LogP contribution is 2.17. The second kappa shape index (κ2) is 3.11. The summed E-state index contributed by atoms with van der Waals surface area (Å²) in [5.74, 6) is 0. The smallest absolute Gasteiger partial charge is 0.0751 e. The molecule has 68 valence electrons. The van der Waals surface area contributed by atoms with Crippen molar-refractivity contribution in [3.8, 4) is 0 Å². The maximum atomic E-state index is 3.03. The minimum atomic E-state index is 1.08. The van der Waals surface area contributed by atoms with Gasteiger partial charge in [-0.3, -0.25) is 0 Å². The van der Waals surface area contributed by atoms with Crippen molar-refractivity contribution in [1.29, 1.82) is 0 Å². The fourth-order valence-electron chi connectivity index (χ4n) is 1.51. The van der Waals surface area contributed by atoms with Gasteiger partial charge in [0.1, 0.15) is 0 Å². The van der Waals surface area contributed by atoms with Crippen LogP contribution in [-0.4, -0.2) is 0 Å². The molecule has 1 aliphatic rings. The van der Waals surface area contributed by atoms with Crippen molar-refractivity contribution in [2.24, 2.45) is 0 Å². The Hall–Kier alpha value is -1.48. The molecule has 0 atom stereocenters. The Balaban J connectivity index is 2.40. The molecule has 0 spiro atoms. The van der Waals surface area contributed by atoms with Gasteiger partial charge < -0.3 is 10.9 Å². The summed E-state index contributed by atoms with van der Waals surface area (Å²) in [6.45, 7) is 4.22. The molecule has 0 aromatic heterocycles. The van der Waals surface area contributed by atoms with Crippen LogP contribution in [0, 0.1) is 13.8 Å². The lowest BCUT2D eigenvalue weighted by atomic mass is 10.0. The van der Waals surface area contributed by atoms with Crippen LogP contribution in [0.5, 0.6) is 0 Å². The summed E-state index contributed by atoms with van der Waals surface area (Å²) in [6, 6.07) is 6.41. The summed E-state index contributed by atoms with van der Waals surface area (Å²) in [7, 11) is 0. The van der Waals surface area contributed by atoms with Crippen LogP contribution in [0.25, 0.3) is 5.70 Å². The molecule has 0 bridgehead atoms. The molecule has 1 aromatic rings. The van der Waals surface area contributed by atoms with Gasteiger partial charge in [0, 0.05) is 11.8 Å². The molecule has 2 rings (SSSR count). The summed E-state index contributed by atoms with van der Waals surface area (Å²) in [4.78, 5) is 0. The zero-order valence-corrected chi connectivity index (χ0v) is 7.81. The lowest BCUT2D eigenvalue weighted by molar-refractivity contribution is 0.620. The molecule has 0 amide bonds. The molecule has 3 nitrogen and oxygen atoms in total. The van der Waals surface area contributed by atoms with E-state index in [0.29, 0.717) is 0 Å². The standard InChI is InChI=1S/C10H13N3/c1-7-3-4-9(8(2)5-7)10-6-11-13-12-10/h3-6,11-13H,1-2H3. The molecule has 1 aromatic carbocycles. The topological polar surface area (TPSA) is 36.1 Å². The van der Waals surface area contributed by atoms with Gasteiger partial charge >= 0.3 is 0 Å². The molecule has 0 radical (unpaired) electrons. The van der Waals surface area contributed by atoms with Crippen molar-refractivity contribution in [2.45, 2.75) is 13.8 Å². The van der Waals surface area contributed by atoms with Crippen molar-refractivity contribution >= 4 is 5.70 Å². The Morgan fingerprint density at radius 3 is 2.62 bits per heavy atom. The van der Waals surface area contributed by atoms with Crippen LogP contribution >= 0.6 is 0 Å². The molecular weight excluding hydrogens is 162 g/mol. The van der Waals surface area contributed by atoms with E-state index >= 15 is 0 Å². The van der Waals surface area contributed by atoms with Crippen LogP contribution in [0.2, 0.25) is 0 Å². The first-order chi connectivity index (χ1) is 6.27. The zero-order valence-electron chi connectivity index (χ0n) is 7.81. The van der Waals surface area contributed by atoms with E-state index in [-0.39, 0.29) is 0 Å². The molecule has 3 N–H and O–H groups in total. The van der Waals surface area contributed by atoms with E-state index in [1.165, 1.54) is 16.7 Å². The van der Waals surface area contributed by atoms with E-state index in [1.54, 1.807) is 0 Å². The number of hydrogen-bond acceptors (Lipinski definition) is 3. The quantitative estimate of drug-likeness (QED) is 0.600. The van der Waals surface area contributed by atoms with Crippen molar-refractivity contribution < 1.29 is 0 Å². The lowest BCUT2D eigenvalue weighted by Gasteiger charge is -2.07. The summed E-state index contributed by atoms with van der Waals surface area (Å²) in [5, 5.41) is 0. The number of aryl methyl sites for hydroxylation is 2. The fraction of sp³-hybridized carbons (Fsp3) is 0.200. The predicted molar refractivity (Wildman–Crippen MR) is 53.3 cm³/mol. The molecule has 1 aliphatic heterocycles. The van der Waals surface area contributed by atoms with E-state index in [9.17, 15) is 0 Å². The van der Waals surface area contributed by atoms with Crippen LogP contribution < -0.4 is 16.4 Å². The molecule has 3 heteroatoms. The van der Waals surface area contributed by atoms with Gasteiger partial charge in [-0.25, -0.2) is 0 Å². The minimum absolute atomic E-state index is 1.08. The summed E-state index contributed by atoms with van der Waals surface area (Å²) >= 11 is 0. The summed E-state index contributed by atoms with van der Waals surface area (Å²) in [5.41, 5.74) is 13.6. The fourth-order valence-corrected chi connectivity index (χ4v) is 1.51. The summed E-state index contributed by atoms with van der Waals surface area (Å²) < 4.78 is 0. The van der Waals surface area contributed by atoms with Crippen molar-refractivity contribution in [3.63, 3.8) is 0 Å². The number of hydrazine groups is 2. The van der Waals surface area contributed by atoms with Gasteiger partial charge in [-0.15, -0.1) is 0 Å². The Morgan fingerprint density at radius 1 is 1.15 bits per heavy atom. The van der Waals surface area contributed by atoms with E-state index < -0.39 is 0 Å². The third-order valence-electron chi connectivity index (χ3n) is 2.16. The van der Waals surface area contributed by atoms with Gasteiger partial charge in [-0.1, -0.05) is 23.8 Å². The second-order valence-electron chi connectivity index (χ2n) is 3.27.